The Morgan fingerprint density at radius 3 is 1.66 bits per heavy atom. The highest BCUT2D eigenvalue weighted by atomic mass is 16.2. The van der Waals surface area contributed by atoms with Gasteiger partial charge in [-0.3, -0.25) is 14.5 Å². The van der Waals surface area contributed by atoms with E-state index in [1.165, 1.54) is 0 Å². The molecule has 5 nitrogen and oxygen atoms in total. The summed E-state index contributed by atoms with van der Waals surface area (Å²) in [5.74, 6) is 1.10. The van der Waals surface area contributed by atoms with Gasteiger partial charge in [0.1, 0.15) is 11.6 Å². The summed E-state index contributed by atoms with van der Waals surface area (Å²) >= 11 is 0. The summed E-state index contributed by atoms with van der Waals surface area (Å²) in [5.41, 5.74) is 5.11. The molecule has 0 atom stereocenters. The third kappa shape index (κ3) is 4.17. The van der Waals surface area contributed by atoms with E-state index in [2.05, 4.69) is 59.5 Å². The van der Waals surface area contributed by atoms with Crippen molar-refractivity contribution in [1.29, 1.82) is 0 Å². The van der Waals surface area contributed by atoms with Crippen molar-refractivity contribution < 1.29 is 9.59 Å². The largest absolute Gasteiger partial charge is 0.288 e. The molecule has 0 spiro atoms. The number of carbonyl (C=O) groups is 2. The molecule has 0 fully saturated rings. The topological polar surface area (TPSA) is 63.2 Å². The number of pyridine rings is 2. The number of ketones is 2. The second kappa shape index (κ2) is 10.2. The summed E-state index contributed by atoms with van der Waals surface area (Å²) in [6, 6.07) is 36.6. The standard InChI is InChI=1S/C42H27N3O2/c1-24-7-17-37(43-22-24)45(38-18-8-25(2)23-44-38)36-16-13-27-11-14-31-30(10-9-26-12-15-32(36)40(27)39(26)31)21-35-41(46)33-19-28-5-3-4-6-29(28)20-34(33)42(35)47/h3-23H,1-2H3. The molecule has 0 aliphatic heterocycles. The number of hydrogen-bond donors (Lipinski definition) is 0. The molecular formula is C42H27N3O2. The molecule has 0 bridgehead atoms. The summed E-state index contributed by atoms with van der Waals surface area (Å²) in [4.78, 5) is 39.0. The van der Waals surface area contributed by atoms with Crippen LogP contribution >= 0.6 is 0 Å². The Balaban J connectivity index is 1.24. The molecule has 0 N–H and O–H groups in total. The summed E-state index contributed by atoms with van der Waals surface area (Å²) in [5, 5.41) is 8.33. The average Bonchev–Trinajstić information content (AvgIpc) is 3.32. The molecule has 0 unspecified atom stereocenters. The molecule has 9 rings (SSSR count). The van der Waals surface area contributed by atoms with Crippen LogP contribution in [-0.2, 0) is 0 Å². The Morgan fingerprint density at radius 1 is 0.553 bits per heavy atom. The van der Waals surface area contributed by atoms with Crippen molar-refractivity contribution in [3.8, 4) is 0 Å². The summed E-state index contributed by atoms with van der Waals surface area (Å²) in [6.07, 6.45) is 5.53. The van der Waals surface area contributed by atoms with Crippen LogP contribution in [0.5, 0.6) is 0 Å². The van der Waals surface area contributed by atoms with Gasteiger partial charge in [-0.2, -0.15) is 0 Å². The molecule has 1 aliphatic carbocycles. The fourth-order valence-electron chi connectivity index (χ4n) is 6.97. The fourth-order valence-corrected chi connectivity index (χ4v) is 6.97. The van der Waals surface area contributed by atoms with Gasteiger partial charge in [-0.15, -0.1) is 0 Å². The Hall–Kier alpha value is -6.20. The molecule has 8 aromatic rings. The maximum atomic E-state index is 13.6. The third-order valence-corrected chi connectivity index (χ3v) is 9.33. The Bertz CT molecular complexity index is 2520. The highest BCUT2D eigenvalue weighted by Gasteiger charge is 2.33. The number of hydrogen-bond acceptors (Lipinski definition) is 5. The first-order valence-corrected chi connectivity index (χ1v) is 15.6. The van der Waals surface area contributed by atoms with Crippen LogP contribution < -0.4 is 4.90 Å². The minimum atomic E-state index is -0.226. The predicted molar refractivity (Wildman–Crippen MR) is 190 cm³/mol. The van der Waals surface area contributed by atoms with Gasteiger partial charge in [0, 0.05) is 28.9 Å². The molecular weight excluding hydrogens is 578 g/mol. The number of carbonyl (C=O) groups excluding carboxylic acids is 2. The zero-order valence-electron chi connectivity index (χ0n) is 25.8. The van der Waals surface area contributed by atoms with E-state index in [1.807, 2.05) is 80.8 Å². The van der Waals surface area contributed by atoms with Gasteiger partial charge in [0.25, 0.3) is 0 Å². The van der Waals surface area contributed by atoms with Crippen LogP contribution in [0.15, 0.2) is 127 Å². The van der Waals surface area contributed by atoms with Crippen molar-refractivity contribution in [2.75, 3.05) is 4.90 Å². The second-order valence-corrected chi connectivity index (χ2v) is 12.3. The predicted octanol–water partition coefficient (Wildman–Crippen LogP) is 10.1. The first-order chi connectivity index (χ1) is 22.9. The van der Waals surface area contributed by atoms with E-state index in [4.69, 9.17) is 9.97 Å². The lowest BCUT2D eigenvalue weighted by Crippen LogP contribution is -2.13. The molecule has 0 radical (unpaired) electrons. The number of allylic oxidation sites excluding steroid dienone is 1. The van der Waals surface area contributed by atoms with Crippen LogP contribution in [0.4, 0.5) is 17.3 Å². The molecule has 2 aromatic heterocycles. The number of nitrogens with zero attached hydrogens (tertiary/aromatic N) is 3. The SMILES string of the molecule is Cc1ccc(N(c2ccc(C)cn2)c2ccc3ccc4c(C=C5C(=O)c6cc7ccccc7cc6C5=O)ccc5ccc2c3c54)nc1. The molecule has 6 aromatic carbocycles. The number of benzene rings is 6. The number of Topliss-reactive ketones (excluding diaryl/α,β-unsaturated/α-hetero) is 2. The zero-order valence-corrected chi connectivity index (χ0v) is 25.8. The molecule has 47 heavy (non-hydrogen) atoms. The first kappa shape index (κ1) is 27.1. The van der Waals surface area contributed by atoms with E-state index in [9.17, 15) is 9.59 Å². The van der Waals surface area contributed by atoms with Crippen molar-refractivity contribution in [2.45, 2.75) is 13.8 Å². The lowest BCUT2D eigenvalue weighted by atomic mass is 9.90. The minimum Gasteiger partial charge on any atom is -0.288 e. The van der Waals surface area contributed by atoms with E-state index in [-0.39, 0.29) is 17.1 Å². The summed E-state index contributed by atoms with van der Waals surface area (Å²) in [6.45, 7) is 4.06. The zero-order chi connectivity index (χ0) is 31.8. The molecule has 0 saturated heterocycles. The molecule has 1 aliphatic rings. The molecule has 0 amide bonds. The number of fused-ring (bicyclic) bond motifs is 2. The van der Waals surface area contributed by atoms with Crippen LogP contribution in [0.3, 0.4) is 0 Å². The highest BCUT2D eigenvalue weighted by Crippen LogP contribution is 2.44. The van der Waals surface area contributed by atoms with Crippen LogP contribution in [0.2, 0.25) is 0 Å². The van der Waals surface area contributed by atoms with Gasteiger partial charge in [0.05, 0.1) is 11.3 Å². The lowest BCUT2D eigenvalue weighted by Gasteiger charge is -2.26. The summed E-state index contributed by atoms with van der Waals surface area (Å²) in [7, 11) is 0. The van der Waals surface area contributed by atoms with Crippen molar-refractivity contribution >= 4 is 78.1 Å². The van der Waals surface area contributed by atoms with E-state index in [0.717, 1.165) is 77.1 Å². The average molecular weight is 606 g/mol. The Labute approximate surface area is 270 Å². The van der Waals surface area contributed by atoms with Gasteiger partial charge in [0.15, 0.2) is 11.6 Å². The van der Waals surface area contributed by atoms with E-state index in [1.54, 1.807) is 6.08 Å². The highest BCUT2D eigenvalue weighted by molar-refractivity contribution is 6.42. The number of aryl methyl sites for hydroxylation is 2. The first-order valence-electron chi connectivity index (χ1n) is 15.6. The van der Waals surface area contributed by atoms with Crippen LogP contribution in [0.1, 0.15) is 37.4 Å². The van der Waals surface area contributed by atoms with E-state index >= 15 is 0 Å². The van der Waals surface area contributed by atoms with E-state index < -0.39 is 0 Å². The Kier molecular flexibility index (Phi) is 5.87. The van der Waals surface area contributed by atoms with Crippen molar-refractivity contribution in [2.24, 2.45) is 0 Å². The summed E-state index contributed by atoms with van der Waals surface area (Å²) < 4.78 is 0. The second-order valence-electron chi connectivity index (χ2n) is 12.3. The van der Waals surface area contributed by atoms with Gasteiger partial charge >= 0.3 is 0 Å². The molecule has 2 heterocycles. The van der Waals surface area contributed by atoms with Crippen LogP contribution in [0, 0.1) is 13.8 Å². The molecule has 0 saturated carbocycles. The van der Waals surface area contributed by atoms with E-state index in [0.29, 0.717) is 11.1 Å². The maximum Gasteiger partial charge on any atom is 0.197 e. The number of aromatic nitrogens is 2. The quantitative estimate of drug-likeness (QED) is 0.113. The van der Waals surface area contributed by atoms with Gasteiger partial charge in [-0.05, 0) is 105 Å². The van der Waals surface area contributed by atoms with Crippen LogP contribution in [-0.4, -0.2) is 21.5 Å². The molecule has 5 heteroatoms. The lowest BCUT2D eigenvalue weighted by molar-refractivity contribution is 0.0990. The minimum absolute atomic E-state index is 0.202. The van der Waals surface area contributed by atoms with Gasteiger partial charge in [-0.1, -0.05) is 78.9 Å². The van der Waals surface area contributed by atoms with Gasteiger partial charge < -0.3 is 0 Å². The fraction of sp³-hybridized carbons (Fsp3) is 0.0476. The smallest absolute Gasteiger partial charge is 0.197 e. The van der Waals surface area contributed by atoms with Crippen molar-refractivity contribution in [1.82, 2.24) is 9.97 Å². The normalized spacial score (nSPS) is 12.9. The number of rotatable bonds is 4. The van der Waals surface area contributed by atoms with Crippen LogP contribution in [0.25, 0.3) is 49.2 Å². The van der Waals surface area contributed by atoms with Gasteiger partial charge in [0.2, 0.25) is 0 Å². The van der Waals surface area contributed by atoms with Gasteiger partial charge in [-0.25, -0.2) is 9.97 Å². The monoisotopic (exact) mass is 605 g/mol. The van der Waals surface area contributed by atoms with Crippen molar-refractivity contribution in [3.05, 3.63) is 155 Å². The maximum absolute atomic E-state index is 13.6. The Morgan fingerprint density at radius 2 is 1.09 bits per heavy atom. The molecule has 222 valence electrons. The third-order valence-electron chi connectivity index (χ3n) is 9.33. The number of anilines is 3. The van der Waals surface area contributed by atoms with Crippen molar-refractivity contribution in [3.63, 3.8) is 0 Å².